The number of aromatic nitrogens is 4. The Morgan fingerprint density at radius 1 is 0.882 bits per heavy atom. The highest BCUT2D eigenvalue weighted by Gasteiger charge is 2.09. The van der Waals surface area contributed by atoms with Crippen LogP contribution in [0.5, 0.6) is 0 Å². The molecule has 0 aliphatic carbocycles. The molecule has 0 unspecified atom stereocenters. The fraction of sp³-hybridized carbons (Fsp3) is 0.0870. The summed E-state index contributed by atoms with van der Waals surface area (Å²) in [6.45, 7) is 4.06. The van der Waals surface area contributed by atoms with E-state index in [1.807, 2.05) is 44.2 Å². The minimum Gasteiger partial charge on any atom is -0.324 e. The molecule has 0 saturated carbocycles. The van der Waals surface area contributed by atoms with Gasteiger partial charge in [0.15, 0.2) is 0 Å². The zero-order chi connectivity index (χ0) is 23.9. The van der Waals surface area contributed by atoms with Crippen LogP contribution in [0.1, 0.15) is 16.7 Å². The number of hydrazone groups is 1. The average Bonchev–Trinajstić information content (AvgIpc) is 2.82. The first kappa shape index (κ1) is 22.3. The summed E-state index contributed by atoms with van der Waals surface area (Å²) in [6, 6.07) is 15.6. The number of anilines is 5. The number of pyridine rings is 1. The van der Waals surface area contributed by atoms with Crippen molar-refractivity contribution in [3.8, 4) is 0 Å². The van der Waals surface area contributed by atoms with Gasteiger partial charge in [-0.3, -0.25) is 15.1 Å². The van der Waals surface area contributed by atoms with Gasteiger partial charge in [0.1, 0.15) is 0 Å². The molecule has 0 amide bonds. The smallest absolute Gasteiger partial charge is 0.269 e. The van der Waals surface area contributed by atoms with E-state index < -0.39 is 4.92 Å². The first-order valence-electron chi connectivity index (χ1n) is 10.3. The van der Waals surface area contributed by atoms with Crippen LogP contribution in [0.15, 0.2) is 72.1 Å². The van der Waals surface area contributed by atoms with E-state index in [9.17, 15) is 10.1 Å². The molecule has 0 aliphatic rings. The molecule has 0 atom stereocenters. The van der Waals surface area contributed by atoms with E-state index in [0.29, 0.717) is 11.6 Å². The molecule has 170 valence electrons. The number of hydrogen-bond acceptors (Lipinski definition) is 10. The van der Waals surface area contributed by atoms with Crippen LogP contribution < -0.4 is 16.1 Å². The molecule has 0 bridgehead atoms. The van der Waals surface area contributed by atoms with E-state index in [0.717, 1.165) is 16.8 Å². The molecule has 2 heterocycles. The molecule has 0 radical (unpaired) electrons. The Labute approximate surface area is 195 Å². The van der Waals surface area contributed by atoms with Gasteiger partial charge < -0.3 is 10.6 Å². The molecule has 11 nitrogen and oxygen atoms in total. The van der Waals surface area contributed by atoms with Gasteiger partial charge in [0.25, 0.3) is 5.69 Å². The Morgan fingerprint density at radius 2 is 1.56 bits per heavy atom. The second-order valence-corrected chi connectivity index (χ2v) is 7.32. The molecule has 0 spiro atoms. The topological polar surface area (TPSA) is 143 Å². The molecule has 4 aromatic rings. The van der Waals surface area contributed by atoms with Crippen molar-refractivity contribution in [3.05, 3.63) is 93.8 Å². The summed E-state index contributed by atoms with van der Waals surface area (Å²) in [7, 11) is 0. The highest BCUT2D eigenvalue weighted by Crippen LogP contribution is 2.22. The third-order valence-corrected chi connectivity index (χ3v) is 4.80. The Morgan fingerprint density at radius 3 is 2.21 bits per heavy atom. The van der Waals surface area contributed by atoms with Crippen molar-refractivity contribution >= 4 is 41.1 Å². The number of nitrogens with one attached hydrogen (secondary N) is 3. The summed E-state index contributed by atoms with van der Waals surface area (Å²) in [5, 5.41) is 21.3. The van der Waals surface area contributed by atoms with Crippen LogP contribution in [0, 0.1) is 24.0 Å². The van der Waals surface area contributed by atoms with E-state index in [1.165, 1.54) is 17.7 Å². The number of nitro benzene ring substituents is 1. The predicted octanol–water partition coefficient (Wildman–Crippen LogP) is 4.72. The molecule has 34 heavy (non-hydrogen) atoms. The summed E-state index contributed by atoms with van der Waals surface area (Å²) in [5.74, 6) is 0.724. The van der Waals surface area contributed by atoms with Gasteiger partial charge in [-0.15, -0.1) is 0 Å². The lowest BCUT2D eigenvalue weighted by molar-refractivity contribution is -0.384. The number of hydrogen-bond donors (Lipinski definition) is 3. The van der Waals surface area contributed by atoms with Crippen LogP contribution in [-0.2, 0) is 0 Å². The van der Waals surface area contributed by atoms with Crippen LogP contribution in [-0.4, -0.2) is 31.1 Å². The Kier molecular flexibility index (Phi) is 6.63. The molecular weight excluding hydrogens is 434 g/mol. The fourth-order valence-electron chi connectivity index (χ4n) is 2.90. The molecule has 2 aromatic carbocycles. The van der Waals surface area contributed by atoms with Crippen molar-refractivity contribution in [2.45, 2.75) is 13.8 Å². The summed E-state index contributed by atoms with van der Waals surface area (Å²) in [5.41, 5.74) is 7.30. The SMILES string of the molecule is Cc1ccc(Nc2nc(N/N=C/c3cccnc3)nc(Nc3ccc([N+](=O)[O-])cc3)n2)cc1C. The summed E-state index contributed by atoms with van der Waals surface area (Å²) >= 11 is 0. The van der Waals surface area contributed by atoms with Crippen LogP contribution in [0.2, 0.25) is 0 Å². The zero-order valence-corrected chi connectivity index (χ0v) is 18.4. The van der Waals surface area contributed by atoms with Gasteiger partial charge in [-0.1, -0.05) is 12.1 Å². The van der Waals surface area contributed by atoms with Crippen LogP contribution in [0.3, 0.4) is 0 Å². The molecule has 11 heteroatoms. The van der Waals surface area contributed by atoms with Gasteiger partial charge in [-0.05, 0) is 55.3 Å². The van der Waals surface area contributed by atoms with E-state index in [2.05, 4.69) is 41.1 Å². The van der Waals surface area contributed by atoms with Gasteiger partial charge in [0.05, 0.1) is 11.1 Å². The highest BCUT2D eigenvalue weighted by atomic mass is 16.6. The number of nitro groups is 1. The quantitative estimate of drug-likeness (QED) is 0.195. The van der Waals surface area contributed by atoms with Gasteiger partial charge in [-0.2, -0.15) is 20.1 Å². The van der Waals surface area contributed by atoms with Crippen LogP contribution >= 0.6 is 0 Å². The second-order valence-electron chi connectivity index (χ2n) is 7.32. The lowest BCUT2D eigenvalue weighted by atomic mass is 10.1. The van der Waals surface area contributed by atoms with Crippen molar-refractivity contribution in [1.82, 2.24) is 19.9 Å². The van der Waals surface area contributed by atoms with Crippen molar-refractivity contribution in [2.24, 2.45) is 5.10 Å². The van der Waals surface area contributed by atoms with E-state index >= 15 is 0 Å². The maximum atomic E-state index is 10.9. The number of benzene rings is 2. The summed E-state index contributed by atoms with van der Waals surface area (Å²) in [6.07, 6.45) is 4.95. The minimum absolute atomic E-state index is 0.00890. The number of rotatable bonds is 8. The standard InChI is InChI=1S/C23H21N9O2/c1-15-5-6-19(12-16(15)2)27-22-28-21(26-18-7-9-20(10-8-18)32(33)34)29-23(30-22)31-25-14-17-4-3-11-24-13-17/h3-14H,1-2H3,(H3,26,27,28,29,30,31)/b25-14+. The van der Waals surface area contributed by atoms with Crippen LogP contribution in [0.25, 0.3) is 0 Å². The Balaban J connectivity index is 1.59. The summed E-state index contributed by atoms with van der Waals surface area (Å²) in [4.78, 5) is 27.6. The number of nitrogens with zero attached hydrogens (tertiary/aromatic N) is 6. The molecular formula is C23H21N9O2. The van der Waals surface area contributed by atoms with Crippen LogP contribution in [0.4, 0.5) is 34.9 Å². The highest BCUT2D eigenvalue weighted by molar-refractivity contribution is 5.79. The summed E-state index contributed by atoms with van der Waals surface area (Å²) < 4.78 is 0. The molecule has 0 fully saturated rings. The van der Waals surface area contributed by atoms with Gasteiger partial charge in [-0.25, -0.2) is 5.43 Å². The lowest BCUT2D eigenvalue weighted by Gasteiger charge is -2.11. The Hall–Kier alpha value is -4.93. The number of non-ortho nitro benzene ring substituents is 1. The van der Waals surface area contributed by atoms with Crippen molar-refractivity contribution in [3.63, 3.8) is 0 Å². The normalized spacial score (nSPS) is 10.8. The van der Waals surface area contributed by atoms with Gasteiger partial charge >= 0.3 is 0 Å². The first-order chi connectivity index (χ1) is 16.5. The molecule has 0 aliphatic heterocycles. The second kappa shape index (κ2) is 10.1. The third-order valence-electron chi connectivity index (χ3n) is 4.80. The van der Waals surface area contributed by atoms with Gasteiger partial charge in [0, 0.05) is 41.5 Å². The molecule has 0 saturated heterocycles. The minimum atomic E-state index is -0.458. The maximum absolute atomic E-state index is 10.9. The molecule has 4 rings (SSSR count). The zero-order valence-electron chi connectivity index (χ0n) is 18.4. The predicted molar refractivity (Wildman–Crippen MR) is 131 cm³/mol. The maximum Gasteiger partial charge on any atom is 0.269 e. The number of aryl methyl sites for hydroxylation is 2. The van der Waals surface area contributed by atoms with Gasteiger partial charge in [0.2, 0.25) is 17.8 Å². The first-order valence-corrected chi connectivity index (χ1v) is 10.3. The molecule has 3 N–H and O–H groups in total. The largest absolute Gasteiger partial charge is 0.324 e. The van der Waals surface area contributed by atoms with Crippen molar-refractivity contribution in [2.75, 3.05) is 16.1 Å². The third kappa shape index (κ3) is 5.85. The van der Waals surface area contributed by atoms with Crippen molar-refractivity contribution in [1.29, 1.82) is 0 Å². The van der Waals surface area contributed by atoms with E-state index in [1.54, 1.807) is 30.7 Å². The van der Waals surface area contributed by atoms with E-state index in [4.69, 9.17) is 0 Å². The lowest BCUT2D eigenvalue weighted by Crippen LogP contribution is -2.07. The van der Waals surface area contributed by atoms with E-state index in [-0.39, 0.29) is 17.6 Å². The average molecular weight is 455 g/mol. The molecule has 2 aromatic heterocycles. The van der Waals surface area contributed by atoms with Crippen molar-refractivity contribution < 1.29 is 4.92 Å². The fourth-order valence-corrected chi connectivity index (χ4v) is 2.90. The Bertz CT molecular complexity index is 1330. The monoisotopic (exact) mass is 455 g/mol.